The molecule has 1 fully saturated rings. The Hall–Kier alpha value is -1.60. The van der Waals surface area contributed by atoms with Crippen molar-refractivity contribution in [3.63, 3.8) is 0 Å². The minimum atomic E-state index is 0.278. The van der Waals surface area contributed by atoms with Crippen molar-refractivity contribution >= 4 is 6.08 Å². The monoisotopic (exact) mass is 237 g/mol. The molecule has 1 saturated carbocycles. The maximum absolute atomic E-state index is 3.40. The van der Waals surface area contributed by atoms with E-state index in [1.54, 1.807) is 0 Å². The molecule has 3 rings (SSSR count). The molecule has 0 amide bonds. The number of nitrogens with one attached hydrogen (secondary N) is 1. The molecule has 1 N–H and O–H groups in total. The van der Waals surface area contributed by atoms with E-state index in [1.807, 2.05) is 7.05 Å². The van der Waals surface area contributed by atoms with Crippen LogP contribution >= 0.6 is 0 Å². The first-order valence-electron chi connectivity index (χ1n) is 6.57. The molecular formula is C17H19N. The second kappa shape index (κ2) is 4.25. The number of fused-ring (bicyclic) bond motifs is 1. The summed E-state index contributed by atoms with van der Waals surface area (Å²) in [6, 6.07) is 8.58. The van der Waals surface area contributed by atoms with Crippen molar-refractivity contribution in [3.05, 3.63) is 65.3 Å². The highest BCUT2D eigenvalue weighted by Crippen LogP contribution is 2.48. The van der Waals surface area contributed by atoms with Crippen LogP contribution in [0.15, 0.2) is 54.1 Å². The van der Waals surface area contributed by atoms with Crippen molar-refractivity contribution in [2.24, 2.45) is 5.92 Å². The van der Waals surface area contributed by atoms with Gasteiger partial charge in [0.2, 0.25) is 0 Å². The van der Waals surface area contributed by atoms with Crippen LogP contribution < -0.4 is 5.32 Å². The molecule has 18 heavy (non-hydrogen) atoms. The van der Waals surface area contributed by atoms with E-state index in [0.29, 0.717) is 5.92 Å². The molecule has 0 radical (unpaired) electrons. The molecule has 92 valence electrons. The van der Waals surface area contributed by atoms with Gasteiger partial charge in [-0.05, 0) is 31.5 Å². The van der Waals surface area contributed by atoms with E-state index in [-0.39, 0.29) is 5.54 Å². The highest BCUT2D eigenvalue weighted by molar-refractivity contribution is 5.57. The number of aryl methyl sites for hydroxylation is 1. The second-order valence-corrected chi connectivity index (χ2v) is 5.35. The van der Waals surface area contributed by atoms with Crippen molar-refractivity contribution in [2.75, 3.05) is 7.05 Å². The summed E-state index contributed by atoms with van der Waals surface area (Å²) in [5.41, 5.74) is 4.18. The van der Waals surface area contributed by atoms with Gasteiger partial charge in [-0.15, -0.1) is 0 Å². The van der Waals surface area contributed by atoms with Crippen LogP contribution in [0, 0.1) is 12.8 Å². The number of likely N-dealkylation sites (N-methyl/N-ethyl adjacent to an activating group) is 1. The standard InChI is InChI=1S/C17H19N/c1-13-4-3-5-14(10-13)6-7-15-8-9-17(18-2)12-16(17)11-15/h3-11,16,18H,12H2,1-2H3/b7-6+. The van der Waals surface area contributed by atoms with Gasteiger partial charge >= 0.3 is 0 Å². The molecule has 0 saturated heterocycles. The van der Waals surface area contributed by atoms with Gasteiger partial charge in [0.25, 0.3) is 0 Å². The van der Waals surface area contributed by atoms with E-state index in [2.05, 4.69) is 66.9 Å². The normalized spacial score (nSPS) is 29.2. The first-order chi connectivity index (χ1) is 8.72. The average Bonchev–Trinajstić information content (AvgIpc) is 3.10. The average molecular weight is 237 g/mol. The number of hydrogen-bond donors (Lipinski definition) is 1. The molecule has 2 aliphatic rings. The highest BCUT2D eigenvalue weighted by Gasteiger charge is 2.50. The Balaban J connectivity index is 1.74. The summed E-state index contributed by atoms with van der Waals surface area (Å²) in [4.78, 5) is 0. The van der Waals surface area contributed by atoms with Crippen molar-refractivity contribution in [1.82, 2.24) is 5.32 Å². The van der Waals surface area contributed by atoms with E-state index >= 15 is 0 Å². The molecule has 1 heteroatoms. The van der Waals surface area contributed by atoms with Gasteiger partial charge in [-0.25, -0.2) is 0 Å². The van der Waals surface area contributed by atoms with Gasteiger partial charge in [0.1, 0.15) is 0 Å². The fourth-order valence-corrected chi connectivity index (χ4v) is 2.69. The summed E-state index contributed by atoms with van der Waals surface area (Å²) in [6.07, 6.45) is 12.6. The minimum absolute atomic E-state index is 0.278. The number of rotatable bonds is 3. The first-order valence-corrected chi connectivity index (χ1v) is 6.57. The van der Waals surface area contributed by atoms with Gasteiger partial charge in [-0.3, -0.25) is 0 Å². The maximum atomic E-state index is 3.40. The summed E-state index contributed by atoms with van der Waals surface area (Å²) < 4.78 is 0. The van der Waals surface area contributed by atoms with Crippen LogP contribution in [0.3, 0.4) is 0 Å². The molecule has 0 heterocycles. The number of allylic oxidation sites excluding steroid dienone is 3. The van der Waals surface area contributed by atoms with E-state index < -0.39 is 0 Å². The summed E-state index contributed by atoms with van der Waals surface area (Å²) in [6.45, 7) is 2.13. The molecule has 1 aromatic rings. The van der Waals surface area contributed by atoms with Crippen molar-refractivity contribution in [3.8, 4) is 0 Å². The minimum Gasteiger partial charge on any atom is -0.310 e. The van der Waals surface area contributed by atoms with Crippen LogP contribution in [-0.2, 0) is 0 Å². The lowest BCUT2D eigenvalue weighted by Gasteiger charge is -2.13. The molecular weight excluding hydrogens is 218 g/mol. The van der Waals surface area contributed by atoms with E-state index in [9.17, 15) is 0 Å². The Labute approximate surface area is 109 Å². The highest BCUT2D eigenvalue weighted by atomic mass is 15.0. The smallest absolute Gasteiger partial charge is 0.0436 e. The molecule has 1 aromatic carbocycles. The Morgan fingerprint density at radius 3 is 2.94 bits per heavy atom. The lowest BCUT2D eigenvalue weighted by molar-refractivity contribution is 0.633. The topological polar surface area (TPSA) is 12.0 Å². The molecule has 0 aromatic heterocycles. The molecule has 0 bridgehead atoms. The zero-order valence-corrected chi connectivity index (χ0v) is 11.0. The van der Waals surface area contributed by atoms with Gasteiger partial charge in [0.15, 0.2) is 0 Å². The Kier molecular flexibility index (Phi) is 2.71. The summed E-state index contributed by atoms with van der Waals surface area (Å²) in [5.74, 6) is 0.685. The van der Waals surface area contributed by atoms with Gasteiger partial charge in [0, 0.05) is 11.5 Å². The Morgan fingerprint density at radius 2 is 2.22 bits per heavy atom. The predicted molar refractivity (Wildman–Crippen MR) is 77.3 cm³/mol. The SMILES string of the molecule is CNC12C=CC(/C=C/c3cccc(C)c3)=CC1C2. The zero-order chi connectivity index (χ0) is 12.6. The fraction of sp³-hybridized carbons (Fsp3) is 0.294. The summed E-state index contributed by atoms with van der Waals surface area (Å²) in [5, 5.41) is 3.40. The van der Waals surface area contributed by atoms with Crippen molar-refractivity contribution < 1.29 is 0 Å². The molecule has 1 nitrogen and oxygen atoms in total. The van der Waals surface area contributed by atoms with Gasteiger partial charge in [0.05, 0.1) is 0 Å². The van der Waals surface area contributed by atoms with Gasteiger partial charge in [-0.1, -0.05) is 60.2 Å². The van der Waals surface area contributed by atoms with Crippen molar-refractivity contribution in [1.29, 1.82) is 0 Å². The lowest BCUT2D eigenvalue weighted by Crippen LogP contribution is -2.28. The van der Waals surface area contributed by atoms with Crippen LogP contribution in [0.4, 0.5) is 0 Å². The molecule has 2 atom stereocenters. The van der Waals surface area contributed by atoms with E-state index in [0.717, 1.165) is 0 Å². The second-order valence-electron chi connectivity index (χ2n) is 5.35. The van der Waals surface area contributed by atoms with E-state index in [4.69, 9.17) is 0 Å². The zero-order valence-electron chi connectivity index (χ0n) is 11.0. The molecule has 0 aliphatic heterocycles. The van der Waals surface area contributed by atoms with Crippen LogP contribution in [0.25, 0.3) is 6.08 Å². The maximum Gasteiger partial charge on any atom is 0.0436 e. The lowest BCUT2D eigenvalue weighted by atomic mass is 10.0. The van der Waals surface area contributed by atoms with Gasteiger partial charge < -0.3 is 5.32 Å². The number of hydrogen-bond acceptors (Lipinski definition) is 1. The molecule has 2 aliphatic carbocycles. The molecule has 0 spiro atoms. The Morgan fingerprint density at radius 1 is 1.33 bits per heavy atom. The Bertz CT molecular complexity index is 550. The van der Waals surface area contributed by atoms with Gasteiger partial charge in [-0.2, -0.15) is 0 Å². The van der Waals surface area contributed by atoms with Crippen molar-refractivity contribution in [2.45, 2.75) is 18.9 Å². The summed E-state index contributed by atoms with van der Waals surface area (Å²) >= 11 is 0. The predicted octanol–water partition coefficient (Wildman–Crippen LogP) is 3.48. The van der Waals surface area contributed by atoms with Crippen LogP contribution in [0.5, 0.6) is 0 Å². The molecule has 2 unspecified atom stereocenters. The largest absolute Gasteiger partial charge is 0.310 e. The third kappa shape index (κ3) is 2.06. The van der Waals surface area contributed by atoms with Crippen LogP contribution in [0.2, 0.25) is 0 Å². The van der Waals surface area contributed by atoms with Crippen LogP contribution in [0.1, 0.15) is 17.5 Å². The summed E-state index contributed by atoms with van der Waals surface area (Å²) in [7, 11) is 2.05. The van der Waals surface area contributed by atoms with Crippen LogP contribution in [-0.4, -0.2) is 12.6 Å². The first kappa shape index (κ1) is 11.5. The quantitative estimate of drug-likeness (QED) is 0.848. The third-order valence-electron chi connectivity index (χ3n) is 4.00. The third-order valence-corrected chi connectivity index (χ3v) is 4.00. The number of benzene rings is 1. The fourth-order valence-electron chi connectivity index (χ4n) is 2.69. The van der Waals surface area contributed by atoms with E-state index in [1.165, 1.54) is 23.1 Å².